The Labute approximate surface area is 176 Å². The molecule has 4 rings (SSSR count). The lowest BCUT2D eigenvalue weighted by atomic mass is 10.1. The van der Waals surface area contributed by atoms with Gasteiger partial charge in [0, 0.05) is 5.69 Å². The maximum absolute atomic E-state index is 14.4. The molecule has 0 radical (unpaired) electrons. The fourth-order valence-electron chi connectivity index (χ4n) is 3.31. The van der Waals surface area contributed by atoms with E-state index < -0.39 is 17.5 Å². The Morgan fingerprint density at radius 1 is 1.03 bits per heavy atom. The van der Waals surface area contributed by atoms with Gasteiger partial charge in [-0.15, -0.1) is 11.8 Å². The van der Waals surface area contributed by atoms with Crippen LogP contribution in [0.1, 0.15) is 26.9 Å². The molecular formula is C23H18F2N2O2S. The van der Waals surface area contributed by atoms with Crippen molar-refractivity contribution in [2.24, 2.45) is 0 Å². The van der Waals surface area contributed by atoms with Gasteiger partial charge in [-0.1, -0.05) is 30.3 Å². The molecule has 0 unspecified atom stereocenters. The first-order valence-electron chi connectivity index (χ1n) is 9.29. The summed E-state index contributed by atoms with van der Waals surface area (Å²) in [6.07, 6.45) is 0. The van der Waals surface area contributed by atoms with Gasteiger partial charge in [0.15, 0.2) is 0 Å². The smallest absolute Gasteiger partial charge is 0.258 e. The van der Waals surface area contributed by atoms with E-state index in [4.69, 9.17) is 0 Å². The molecule has 0 aliphatic carbocycles. The minimum Gasteiger partial charge on any atom is -0.322 e. The van der Waals surface area contributed by atoms with Crippen molar-refractivity contribution in [3.63, 3.8) is 0 Å². The van der Waals surface area contributed by atoms with E-state index in [0.717, 1.165) is 11.1 Å². The van der Waals surface area contributed by atoms with Crippen molar-refractivity contribution in [1.82, 2.24) is 0 Å². The molecule has 1 heterocycles. The highest BCUT2D eigenvalue weighted by molar-refractivity contribution is 8.00. The van der Waals surface area contributed by atoms with Crippen LogP contribution in [0.3, 0.4) is 0 Å². The molecular weight excluding hydrogens is 406 g/mol. The van der Waals surface area contributed by atoms with Crippen LogP contribution in [0.15, 0.2) is 66.7 Å². The van der Waals surface area contributed by atoms with E-state index in [1.54, 1.807) is 42.5 Å². The molecule has 2 amide bonds. The minimum atomic E-state index is -0.594. The third-order valence-corrected chi connectivity index (χ3v) is 6.01. The van der Waals surface area contributed by atoms with Gasteiger partial charge in [0.05, 0.1) is 17.0 Å². The summed E-state index contributed by atoms with van der Waals surface area (Å²) in [5.74, 6) is -1.50. The van der Waals surface area contributed by atoms with Crippen molar-refractivity contribution >= 4 is 35.0 Å². The summed E-state index contributed by atoms with van der Waals surface area (Å²) in [5, 5.41) is 2.29. The molecule has 0 bridgehead atoms. The van der Waals surface area contributed by atoms with Crippen molar-refractivity contribution in [1.29, 1.82) is 0 Å². The Morgan fingerprint density at radius 3 is 2.50 bits per heavy atom. The third kappa shape index (κ3) is 3.93. The van der Waals surface area contributed by atoms with E-state index in [2.05, 4.69) is 5.32 Å². The van der Waals surface area contributed by atoms with Crippen LogP contribution in [0.4, 0.5) is 20.2 Å². The van der Waals surface area contributed by atoms with E-state index >= 15 is 0 Å². The summed E-state index contributed by atoms with van der Waals surface area (Å²) < 4.78 is 28.2. The van der Waals surface area contributed by atoms with Crippen molar-refractivity contribution in [3.05, 3.63) is 95.1 Å². The van der Waals surface area contributed by atoms with Gasteiger partial charge in [-0.05, 0) is 54.4 Å². The molecule has 1 fully saturated rings. The summed E-state index contributed by atoms with van der Waals surface area (Å²) in [6, 6.07) is 17.3. The van der Waals surface area contributed by atoms with Crippen molar-refractivity contribution in [3.8, 4) is 0 Å². The molecule has 7 heteroatoms. The largest absolute Gasteiger partial charge is 0.322 e. The SMILES string of the molecule is Cc1ccc(F)c(N2C(=O)CS[C@@H]2c2ccc(NC(=O)c3ccccc3F)cc2)c1. The molecule has 1 saturated heterocycles. The van der Waals surface area contributed by atoms with Crippen LogP contribution < -0.4 is 10.2 Å². The number of nitrogens with one attached hydrogen (secondary N) is 1. The van der Waals surface area contributed by atoms with Gasteiger partial charge in [-0.2, -0.15) is 0 Å². The number of carbonyl (C=O) groups excluding carboxylic acids is 2. The summed E-state index contributed by atoms with van der Waals surface area (Å²) in [6.45, 7) is 1.85. The number of nitrogens with zero attached hydrogens (tertiary/aromatic N) is 1. The van der Waals surface area contributed by atoms with Crippen LogP contribution in [-0.2, 0) is 4.79 Å². The number of hydrogen-bond acceptors (Lipinski definition) is 3. The van der Waals surface area contributed by atoms with Gasteiger partial charge >= 0.3 is 0 Å². The zero-order chi connectivity index (χ0) is 21.3. The molecule has 0 aromatic heterocycles. The second kappa shape index (κ2) is 8.28. The quantitative estimate of drug-likeness (QED) is 0.618. The normalized spacial score (nSPS) is 16.0. The molecule has 1 N–H and O–H groups in total. The summed E-state index contributed by atoms with van der Waals surface area (Å²) in [7, 11) is 0. The lowest BCUT2D eigenvalue weighted by molar-refractivity contribution is -0.115. The Kier molecular flexibility index (Phi) is 5.55. The monoisotopic (exact) mass is 424 g/mol. The first-order valence-corrected chi connectivity index (χ1v) is 10.3. The number of benzene rings is 3. The Bertz CT molecular complexity index is 1120. The lowest BCUT2D eigenvalue weighted by Gasteiger charge is -2.25. The van der Waals surface area contributed by atoms with E-state index in [-0.39, 0.29) is 28.3 Å². The van der Waals surface area contributed by atoms with Gasteiger partial charge in [0.1, 0.15) is 17.0 Å². The van der Waals surface area contributed by atoms with Crippen LogP contribution >= 0.6 is 11.8 Å². The number of rotatable bonds is 4. The van der Waals surface area contributed by atoms with Gasteiger partial charge in [-0.3, -0.25) is 14.5 Å². The molecule has 1 atom stereocenters. The van der Waals surface area contributed by atoms with Gasteiger partial charge in [-0.25, -0.2) is 8.78 Å². The maximum atomic E-state index is 14.4. The maximum Gasteiger partial charge on any atom is 0.258 e. The van der Waals surface area contributed by atoms with Crippen LogP contribution in [0, 0.1) is 18.6 Å². The zero-order valence-electron chi connectivity index (χ0n) is 16.1. The molecule has 0 saturated carbocycles. The van der Waals surface area contributed by atoms with Gasteiger partial charge in [0.25, 0.3) is 5.91 Å². The second-order valence-electron chi connectivity index (χ2n) is 6.94. The van der Waals surface area contributed by atoms with Gasteiger partial charge < -0.3 is 5.32 Å². The molecule has 3 aromatic rings. The van der Waals surface area contributed by atoms with E-state index in [1.807, 2.05) is 6.92 Å². The molecule has 0 spiro atoms. The lowest BCUT2D eigenvalue weighted by Crippen LogP contribution is -2.28. The molecule has 152 valence electrons. The number of thioether (sulfide) groups is 1. The van der Waals surface area contributed by atoms with Crippen LogP contribution in [0.25, 0.3) is 0 Å². The number of aryl methyl sites for hydroxylation is 1. The number of anilines is 2. The molecule has 1 aliphatic heterocycles. The molecule has 4 nitrogen and oxygen atoms in total. The van der Waals surface area contributed by atoms with Crippen LogP contribution in [0.2, 0.25) is 0 Å². The first-order chi connectivity index (χ1) is 14.4. The Morgan fingerprint density at radius 2 is 1.77 bits per heavy atom. The summed E-state index contributed by atoms with van der Waals surface area (Å²) >= 11 is 1.41. The van der Waals surface area contributed by atoms with Crippen LogP contribution in [-0.4, -0.2) is 17.6 Å². The van der Waals surface area contributed by atoms with Crippen molar-refractivity contribution in [2.75, 3.05) is 16.0 Å². The summed E-state index contributed by atoms with van der Waals surface area (Å²) in [5.41, 5.74) is 2.37. The predicted molar refractivity (Wildman–Crippen MR) is 115 cm³/mol. The number of halogens is 2. The topological polar surface area (TPSA) is 49.4 Å². The van der Waals surface area contributed by atoms with E-state index in [0.29, 0.717) is 5.69 Å². The van der Waals surface area contributed by atoms with Gasteiger partial charge in [0.2, 0.25) is 5.91 Å². The Balaban J connectivity index is 1.56. The third-order valence-electron chi connectivity index (χ3n) is 4.80. The minimum absolute atomic E-state index is 0.0420. The van der Waals surface area contributed by atoms with E-state index in [1.165, 1.54) is 40.9 Å². The average molecular weight is 424 g/mol. The number of hydrogen-bond donors (Lipinski definition) is 1. The average Bonchev–Trinajstić information content (AvgIpc) is 3.12. The van der Waals surface area contributed by atoms with Crippen molar-refractivity contribution in [2.45, 2.75) is 12.3 Å². The highest BCUT2D eigenvalue weighted by Crippen LogP contribution is 2.43. The fourth-order valence-corrected chi connectivity index (χ4v) is 4.48. The molecule has 30 heavy (non-hydrogen) atoms. The van der Waals surface area contributed by atoms with Crippen LogP contribution in [0.5, 0.6) is 0 Å². The second-order valence-corrected chi connectivity index (χ2v) is 8.01. The number of carbonyl (C=O) groups is 2. The predicted octanol–water partition coefficient (Wildman–Crippen LogP) is 5.30. The fraction of sp³-hybridized carbons (Fsp3) is 0.130. The Hall–Kier alpha value is -3.19. The van der Waals surface area contributed by atoms with Crippen molar-refractivity contribution < 1.29 is 18.4 Å². The highest BCUT2D eigenvalue weighted by Gasteiger charge is 2.35. The molecule has 1 aliphatic rings. The number of amides is 2. The van der Waals surface area contributed by atoms with E-state index in [9.17, 15) is 18.4 Å². The summed E-state index contributed by atoms with van der Waals surface area (Å²) in [4.78, 5) is 26.2. The highest BCUT2D eigenvalue weighted by atomic mass is 32.2. The standard InChI is InChI=1S/C23H18F2N2O2S/c1-14-6-11-19(25)20(12-14)27-21(28)13-30-23(27)15-7-9-16(10-8-15)26-22(29)17-4-2-3-5-18(17)24/h2-12,23H,13H2,1H3,(H,26,29)/t23-/m1/s1. The first kappa shape index (κ1) is 20.1. The zero-order valence-corrected chi connectivity index (χ0v) is 16.9. The molecule has 3 aromatic carbocycles.